The van der Waals surface area contributed by atoms with E-state index in [1.54, 1.807) is 30.3 Å². The normalized spacial score (nSPS) is 14.9. The van der Waals surface area contributed by atoms with Crippen molar-refractivity contribution in [1.29, 1.82) is 0 Å². The summed E-state index contributed by atoms with van der Waals surface area (Å²) in [7, 11) is -3.43. The van der Waals surface area contributed by atoms with Crippen LogP contribution in [-0.2, 0) is 10.0 Å². The van der Waals surface area contributed by atoms with Crippen LogP contribution in [0.1, 0.15) is 12.8 Å². The van der Waals surface area contributed by atoms with Crippen molar-refractivity contribution in [1.82, 2.24) is 14.9 Å². The van der Waals surface area contributed by atoms with Crippen LogP contribution in [0.2, 0.25) is 0 Å². The molecule has 1 aromatic carbocycles. The summed E-state index contributed by atoms with van der Waals surface area (Å²) in [5, 5.41) is 12.3. The fourth-order valence-electron chi connectivity index (χ4n) is 1.73. The van der Waals surface area contributed by atoms with Gasteiger partial charge in [-0.25, -0.2) is 13.1 Å². The highest BCUT2D eigenvalue weighted by atomic mass is 32.2. The molecule has 2 aromatic rings. The maximum atomic E-state index is 12.0. The molecule has 1 aromatic heterocycles. The quantitative estimate of drug-likeness (QED) is 0.557. The first kappa shape index (κ1) is 15.7. The molecule has 1 heterocycles. The lowest BCUT2D eigenvalue weighted by molar-refractivity contribution is 0.584. The molecule has 9 heteroatoms. The molecule has 22 heavy (non-hydrogen) atoms. The average Bonchev–Trinajstić information content (AvgIpc) is 3.22. The summed E-state index contributed by atoms with van der Waals surface area (Å²) in [5.74, 6) is 0.615. The first-order chi connectivity index (χ1) is 10.6. The number of sulfonamides is 1. The third-order valence-electron chi connectivity index (χ3n) is 2.98. The molecule has 0 bridgehead atoms. The topological polar surface area (TPSA) is 84.0 Å². The molecule has 0 aliphatic heterocycles. The molecule has 0 radical (unpaired) electrons. The van der Waals surface area contributed by atoms with Gasteiger partial charge in [-0.05, 0) is 25.0 Å². The van der Waals surface area contributed by atoms with Gasteiger partial charge in [-0.1, -0.05) is 41.3 Å². The molecule has 0 spiro atoms. The van der Waals surface area contributed by atoms with Crippen molar-refractivity contribution in [3.63, 3.8) is 0 Å². The number of rotatable bonds is 8. The second-order valence-corrected chi connectivity index (χ2v) is 8.94. The Morgan fingerprint density at radius 3 is 2.73 bits per heavy atom. The summed E-state index contributed by atoms with van der Waals surface area (Å²) in [6.45, 7) is 0.354. The molecular formula is C13H16N4O2S3. The van der Waals surface area contributed by atoms with E-state index in [4.69, 9.17) is 0 Å². The lowest BCUT2D eigenvalue weighted by Crippen LogP contribution is -2.25. The van der Waals surface area contributed by atoms with Gasteiger partial charge in [0.05, 0.1) is 4.90 Å². The van der Waals surface area contributed by atoms with Crippen molar-refractivity contribution in [3.8, 4) is 0 Å². The largest absolute Gasteiger partial charge is 0.357 e. The molecule has 1 aliphatic rings. The summed E-state index contributed by atoms with van der Waals surface area (Å²) in [6, 6.07) is 8.92. The maximum absolute atomic E-state index is 12.0. The number of hydrogen-bond acceptors (Lipinski definition) is 7. The van der Waals surface area contributed by atoms with Crippen LogP contribution >= 0.6 is 23.1 Å². The molecule has 118 valence electrons. The Bertz CT molecular complexity index is 714. The lowest BCUT2D eigenvalue weighted by Gasteiger charge is -2.05. The van der Waals surface area contributed by atoms with E-state index in [-0.39, 0.29) is 4.90 Å². The fourth-order valence-corrected chi connectivity index (χ4v) is 4.66. The molecule has 1 fully saturated rings. The number of aromatic nitrogens is 2. The van der Waals surface area contributed by atoms with Gasteiger partial charge >= 0.3 is 0 Å². The van der Waals surface area contributed by atoms with E-state index in [1.807, 2.05) is 0 Å². The summed E-state index contributed by atoms with van der Waals surface area (Å²) >= 11 is 3.01. The number of thioether (sulfide) groups is 1. The number of benzene rings is 1. The molecule has 0 atom stereocenters. The Morgan fingerprint density at radius 2 is 2.00 bits per heavy atom. The number of hydrogen-bond donors (Lipinski definition) is 2. The van der Waals surface area contributed by atoms with Crippen LogP contribution in [0.5, 0.6) is 0 Å². The van der Waals surface area contributed by atoms with Gasteiger partial charge in [0, 0.05) is 18.3 Å². The first-order valence-electron chi connectivity index (χ1n) is 6.91. The Labute approximate surface area is 137 Å². The van der Waals surface area contributed by atoms with Gasteiger partial charge in [-0.2, -0.15) is 0 Å². The van der Waals surface area contributed by atoms with Crippen LogP contribution in [-0.4, -0.2) is 37.0 Å². The van der Waals surface area contributed by atoms with Gasteiger partial charge in [-0.15, -0.1) is 10.2 Å². The van der Waals surface area contributed by atoms with Crippen molar-refractivity contribution < 1.29 is 8.42 Å². The van der Waals surface area contributed by atoms with E-state index in [2.05, 4.69) is 20.2 Å². The van der Waals surface area contributed by atoms with Crippen LogP contribution in [0.4, 0.5) is 5.13 Å². The third kappa shape index (κ3) is 4.42. The van der Waals surface area contributed by atoms with Crippen LogP contribution in [0.25, 0.3) is 0 Å². The van der Waals surface area contributed by atoms with Gasteiger partial charge < -0.3 is 5.32 Å². The molecule has 6 nitrogen and oxygen atoms in total. The molecule has 0 unspecified atom stereocenters. The van der Waals surface area contributed by atoms with Gasteiger partial charge in [0.15, 0.2) is 4.34 Å². The summed E-state index contributed by atoms with van der Waals surface area (Å²) < 4.78 is 27.5. The molecule has 3 rings (SSSR count). The zero-order chi connectivity index (χ0) is 15.4. The summed E-state index contributed by atoms with van der Waals surface area (Å²) in [6.07, 6.45) is 2.40. The minimum Gasteiger partial charge on any atom is -0.357 e. The highest BCUT2D eigenvalue weighted by molar-refractivity contribution is 8.01. The Balaban J connectivity index is 1.44. The smallest absolute Gasteiger partial charge is 0.240 e. The lowest BCUT2D eigenvalue weighted by atomic mass is 10.4. The third-order valence-corrected chi connectivity index (χ3v) is 6.45. The highest BCUT2D eigenvalue weighted by Crippen LogP contribution is 2.29. The van der Waals surface area contributed by atoms with Crippen molar-refractivity contribution in [3.05, 3.63) is 30.3 Å². The standard InChI is InChI=1S/C13H16N4O2S3/c18-22(19,11-4-2-1-3-5-11)14-8-9-20-13-17-16-12(21-13)15-10-6-7-10/h1-5,10,14H,6-9H2,(H,15,16). The number of nitrogens with one attached hydrogen (secondary N) is 2. The molecule has 0 saturated heterocycles. The summed E-state index contributed by atoms with van der Waals surface area (Å²) in [5.41, 5.74) is 0. The maximum Gasteiger partial charge on any atom is 0.240 e. The zero-order valence-corrected chi connectivity index (χ0v) is 14.2. The predicted molar refractivity (Wildman–Crippen MR) is 88.9 cm³/mol. The van der Waals surface area contributed by atoms with Crippen molar-refractivity contribution in [2.24, 2.45) is 0 Å². The molecule has 2 N–H and O–H groups in total. The Hall–Kier alpha value is -1.16. The van der Waals surface area contributed by atoms with E-state index in [1.165, 1.54) is 35.9 Å². The van der Waals surface area contributed by atoms with Gasteiger partial charge in [0.25, 0.3) is 0 Å². The van der Waals surface area contributed by atoms with Crippen LogP contribution in [0.3, 0.4) is 0 Å². The van der Waals surface area contributed by atoms with Crippen LogP contribution in [0, 0.1) is 0 Å². The van der Waals surface area contributed by atoms with Crippen LogP contribution < -0.4 is 10.0 Å². The molecular weight excluding hydrogens is 340 g/mol. The SMILES string of the molecule is O=S(=O)(NCCSc1nnc(NC2CC2)s1)c1ccccc1. The number of anilines is 1. The molecule has 0 amide bonds. The Morgan fingerprint density at radius 1 is 1.23 bits per heavy atom. The van der Waals surface area contributed by atoms with Crippen molar-refractivity contribution in [2.45, 2.75) is 28.1 Å². The van der Waals surface area contributed by atoms with Gasteiger partial charge in [0.1, 0.15) is 0 Å². The van der Waals surface area contributed by atoms with Gasteiger partial charge in [-0.3, -0.25) is 0 Å². The number of nitrogens with zero attached hydrogens (tertiary/aromatic N) is 2. The minimum atomic E-state index is -3.43. The average molecular weight is 356 g/mol. The predicted octanol–water partition coefficient (Wildman–Crippen LogP) is 2.18. The van der Waals surface area contributed by atoms with E-state index < -0.39 is 10.0 Å². The fraction of sp³-hybridized carbons (Fsp3) is 0.385. The van der Waals surface area contributed by atoms with Crippen LogP contribution in [0.15, 0.2) is 39.6 Å². The van der Waals surface area contributed by atoms with E-state index >= 15 is 0 Å². The second kappa shape index (κ2) is 6.95. The highest BCUT2D eigenvalue weighted by Gasteiger charge is 2.22. The second-order valence-electron chi connectivity index (χ2n) is 4.85. The van der Waals surface area contributed by atoms with Gasteiger partial charge in [0.2, 0.25) is 15.2 Å². The first-order valence-corrected chi connectivity index (χ1v) is 10.2. The molecule has 1 saturated carbocycles. The zero-order valence-electron chi connectivity index (χ0n) is 11.7. The Kier molecular flexibility index (Phi) is 4.97. The van der Waals surface area contributed by atoms with Crippen molar-refractivity contribution >= 4 is 38.3 Å². The van der Waals surface area contributed by atoms with E-state index in [0.29, 0.717) is 18.3 Å². The summed E-state index contributed by atoms with van der Waals surface area (Å²) in [4.78, 5) is 0.284. The van der Waals surface area contributed by atoms with Crippen molar-refractivity contribution in [2.75, 3.05) is 17.6 Å². The monoisotopic (exact) mass is 356 g/mol. The van der Waals surface area contributed by atoms with E-state index in [9.17, 15) is 8.42 Å². The molecule has 1 aliphatic carbocycles. The minimum absolute atomic E-state index is 0.284. The van der Waals surface area contributed by atoms with E-state index in [0.717, 1.165) is 9.47 Å².